The van der Waals surface area contributed by atoms with Gasteiger partial charge in [-0.05, 0) is 30.6 Å². The predicted octanol–water partition coefficient (Wildman–Crippen LogP) is -1.65. The maximum Gasteiger partial charge on any atom is 0.187 e. The number of hydrogen-bond acceptors (Lipinski definition) is 9. The smallest absolute Gasteiger partial charge is 0.187 e. The number of aliphatic hydroxyl groups excluding tert-OH is 7. The Morgan fingerprint density at radius 3 is 1.96 bits per heavy atom. The third-order valence-corrected chi connectivity index (χ3v) is 5.88. The molecule has 9 nitrogen and oxygen atoms in total. The van der Waals surface area contributed by atoms with Gasteiger partial charge in [0.1, 0.15) is 30.5 Å². The number of ether oxygens (including phenoxy) is 2. The van der Waals surface area contributed by atoms with E-state index in [-0.39, 0.29) is 17.9 Å². The first-order valence-electron chi connectivity index (χ1n) is 9.93. The van der Waals surface area contributed by atoms with Crippen LogP contribution in [0.1, 0.15) is 40.0 Å². The second-order valence-electron chi connectivity index (χ2n) is 9.32. The Morgan fingerprint density at radius 2 is 1.43 bits per heavy atom. The van der Waals surface area contributed by atoms with Gasteiger partial charge in [0.2, 0.25) is 0 Å². The highest BCUT2D eigenvalue weighted by molar-refractivity contribution is 4.96. The van der Waals surface area contributed by atoms with Crippen molar-refractivity contribution in [2.24, 2.45) is 17.3 Å². The third-order valence-electron chi connectivity index (χ3n) is 5.88. The summed E-state index contributed by atoms with van der Waals surface area (Å²) in [6, 6.07) is 0. The molecule has 166 valence electrons. The lowest BCUT2D eigenvalue weighted by atomic mass is 9.72. The van der Waals surface area contributed by atoms with Crippen LogP contribution in [0.5, 0.6) is 0 Å². The Labute approximate surface area is 165 Å². The summed E-state index contributed by atoms with van der Waals surface area (Å²) >= 11 is 0. The predicted molar refractivity (Wildman–Crippen MR) is 98.0 cm³/mol. The summed E-state index contributed by atoms with van der Waals surface area (Å²) in [4.78, 5) is 0. The van der Waals surface area contributed by atoms with Crippen LogP contribution in [0, 0.1) is 17.3 Å². The molecule has 0 spiro atoms. The van der Waals surface area contributed by atoms with Crippen LogP contribution >= 0.6 is 0 Å². The summed E-state index contributed by atoms with van der Waals surface area (Å²) in [5.41, 5.74) is 0.0537. The van der Waals surface area contributed by atoms with Crippen LogP contribution in [0.4, 0.5) is 0 Å². The Balaban J connectivity index is 2.14. The Hall–Kier alpha value is -0.360. The van der Waals surface area contributed by atoms with E-state index in [9.17, 15) is 35.7 Å². The summed E-state index contributed by atoms with van der Waals surface area (Å²) in [6.45, 7) is 5.37. The summed E-state index contributed by atoms with van der Waals surface area (Å²) in [7, 11) is 0. The van der Waals surface area contributed by atoms with Gasteiger partial charge in [-0.1, -0.05) is 20.8 Å². The fourth-order valence-electron chi connectivity index (χ4n) is 3.99. The molecule has 0 aromatic carbocycles. The van der Waals surface area contributed by atoms with Crippen LogP contribution < -0.4 is 0 Å². The average Bonchev–Trinajstić information content (AvgIpc) is 2.63. The highest BCUT2D eigenvalue weighted by Gasteiger charge is 2.49. The minimum Gasteiger partial charge on any atom is -0.396 e. The van der Waals surface area contributed by atoms with Crippen LogP contribution in [-0.4, -0.2) is 98.0 Å². The van der Waals surface area contributed by atoms with Crippen molar-refractivity contribution in [1.82, 2.24) is 0 Å². The monoisotopic (exact) mass is 408 g/mol. The zero-order valence-corrected chi connectivity index (χ0v) is 16.8. The lowest BCUT2D eigenvalue weighted by Gasteiger charge is -2.46. The van der Waals surface area contributed by atoms with E-state index in [1.54, 1.807) is 0 Å². The third kappa shape index (κ3) is 5.41. The van der Waals surface area contributed by atoms with Gasteiger partial charge in [-0.25, -0.2) is 0 Å². The topological polar surface area (TPSA) is 160 Å². The first kappa shape index (κ1) is 23.9. The van der Waals surface area contributed by atoms with Crippen LogP contribution in [0.25, 0.3) is 0 Å². The maximum absolute atomic E-state index is 10.8. The summed E-state index contributed by atoms with van der Waals surface area (Å²) in [5, 5.41) is 70.3. The van der Waals surface area contributed by atoms with E-state index in [1.165, 1.54) is 0 Å². The minimum absolute atomic E-state index is 0.0537. The maximum atomic E-state index is 10.8. The van der Waals surface area contributed by atoms with Crippen molar-refractivity contribution in [3.8, 4) is 0 Å². The van der Waals surface area contributed by atoms with Gasteiger partial charge in [0.25, 0.3) is 0 Å². The SMILES string of the molecule is CC(C)(C)CC[C@@H]1CC(CO)[C@H](O)[C@H](O[C@H]2OC(CO)[C@H](O)[C@H](O)C2O)C1O. The molecule has 10 atom stereocenters. The molecule has 1 saturated carbocycles. The molecule has 0 amide bonds. The molecule has 0 aromatic heterocycles. The summed E-state index contributed by atoms with van der Waals surface area (Å²) < 4.78 is 11.0. The highest BCUT2D eigenvalue weighted by Crippen LogP contribution is 2.38. The van der Waals surface area contributed by atoms with Crippen molar-refractivity contribution in [3.05, 3.63) is 0 Å². The second-order valence-corrected chi connectivity index (χ2v) is 9.32. The van der Waals surface area contributed by atoms with Crippen LogP contribution in [-0.2, 0) is 9.47 Å². The van der Waals surface area contributed by atoms with E-state index in [0.29, 0.717) is 12.8 Å². The number of hydrogen-bond donors (Lipinski definition) is 7. The molecule has 0 radical (unpaired) electrons. The van der Waals surface area contributed by atoms with Crippen LogP contribution in [0.2, 0.25) is 0 Å². The molecule has 1 heterocycles. The van der Waals surface area contributed by atoms with Crippen molar-refractivity contribution in [3.63, 3.8) is 0 Å². The molecule has 4 unspecified atom stereocenters. The lowest BCUT2D eigenvalue weighted by Crippen LogP contribution is -2.62. The van der Waals surface area contributed by atoms with Crippen molar-refractivity contribution in [2.75, 3.05) is 13.2 Å². The first-order chi connectivity index (χ1) is 13.0. The zero-order valence-electron chi connectivity index (χ0n) is 16.8. The number of aliphatic hydroxyl groups is 7. The summed E-state index contributed by atoms with van der Waals surface area (Å²) in [5.74, 6) is -0.738. The second kappa shape index (κ2) is 9.63. The summed E-state index contributed by atoms with van der Waals surface area (Å²) in [6.07, 6.45) is -8.84. The van der Waals surface area contributed by atoms with Crippen molar-refractivity contribution in [1.29, 1.82) is 0 Å². The van der Waals surface area contributed by atoms with E-state index in [0.717, 1.165) is 6.42 Å². The standard InChI is InChI=1S/C19H36O9/c1-19(2,3)5-4-9-6-10(7-20)13(23)17(12(9)22)28-18-16(26)15(25)14(24)11(8-21)27-18/h9-18,20-26H,4-8H2,1-3H3/t9-,10?,11?,12?,13+,14+,15+,16?,17-,18-/m1/s1. The van der Waals surface area contributed by atoms with Gasteiger partial charge in [-0.15, -0.1) is 0 Å². The average molecular weight is 408 g/mol. The molecule has 2 fully saturated rings. The molecule has 1 aliphatic heterocycles. The fourth-order valence-corrected chi connectivity index (χ4v) is 3.99. The minimum atomic E-state index is -1.63. The van der Waals surface area contributed by atoms with Crippen LogP contribution in [0.15, 0.2) is 0 Å². The quantitative estimate of drug-likeness (QED) is 0.273. The highest BCUT2D eigenvalue weighted by atomic mass is 16.7. The van der Waals surface area contributed by atoms with E-state index >= 15 is 0 Å². The number of rotatable bonds is 6. The van der Waals surface area contributed by atoms with Crippen molar-refractivity contribution >= 4 is 0 Å². The Bertz CT molecular complexity index is 481. The van der Waals surface area contributed by atoms with Gasteiger partial charge < -0.3 is 45.2 Å². The first-order valence-corrected chi connectivity index (χ1v) is 9.93. The van der Waals surface area contributed by atoms with Crippen molar-refractivity contribution < 1.29 is 45.2 Å². The Kier molecular flexibility index (Phi) is 8.23. The molecule has 1 saturated heterocycles. The van der Waals surface area contributed by atoms with Gasteiger partial charge in [0.15, 0.2) is 6.29 Å². The molecule has 28 heavy (non-hydrogen) atoms. The molecular formula is C19H36O9. The molecule has 7 N–H and O–H groups in total. The van der Waals surface area contributed by atoms with Gasteiger partial charge in [0.05, 0.1) is 18.8 Å². The van der Waals surface area contributed by atoms with E-state index < -0.39 is 61.5 Å². The molecule has 0 bridgehead atoms. The van der Waals surface area contributed by atoms with E-state index in [4.69, 9.17) is 9.47 Å². The molecular weight excluding hydrogens is 372 g/mol. The van der Waals surface area contributed by atoms with E-state index in [1.807, 2.05) is 0 Å². The molecule has 2 aliphatic rings. The normalized spacial score (nSPS) is 45.2. The molecule has 0 aromatic rings. The van der Waals surface area contributed by atoms with Gasteiger partial charge in [-0.2, -0.15) is 0 Å². The van der Waals surface area contributed by atoms with Gasteiger partial charge in [-0.3, -0.25) is 0 Å². The largest absolute Gasteiger partial charge is 0.396 e. The Morgan fingerprint density at radius 1 is 0.821 bits per heavy atom. The molecule has 9 heteroatoms. The molecule has 1 aliphatic carbocycles. The van der Waals surface area contributed by atoms with Crippen molar-refractivity contribution in [2.45, 2.75) is 89.1 Å². The molecule has 2 rings (SSSR count). The van der Waals surface area contributed by atoms with Gasteiger partial charge >= 0.3 is 0 Å². The van der Waals surface area contributed by atoms with E-state index in [2.05, 4.69) is 20.8 Å². The lowest BCUT2D eigenvalue weighted by molar-refractivity contribution is -0.331. The van der Waals surface area contributed by atoms with Crippen LogP contribution in [0.3, 0.4) is 0 Å². The zero-order chi connectivity index (χ0) is 21.2. The fraction of sp³-hybridized carbons (Fsp3) is 1.00. The van der Waals surface area contributed by atoms with Gasteiger partial charge in [0, 0.05) is 12.5 Å².